The van der Waals surface area contributed by atoms with Gasteiger partial charge in [0.1, 0.15) is 0 Å². The molecule has 0 bridgehead atoms. The van der Waals surface area contributed by atoms with E-state index < -0.39 is 0 Å². The van der Waals surface area contributed by atoms with Gasteiger partial charge >= 0.3 is 0 Å². The molecule has 0 spiro atoms. The van der Waals surface area contributed by atoms with Gasteiger partial charge in [-0.2, -0.15) is 0 Å². The van der Waals surface area contributed by atoms with Crippen LogP contribution in [0.4, 0.5) is 11.4 Å². The van der Waals surface area contributed by atoms with Gasteiger partial charge in [-0.15, -0.1) is 0 Å². The maximum atomic E-state index is 6.06. The van der Waals surface area contributed by atoms with Crippen LogP contribution in [0.2, 0.25) is 0 Å². The number of nitrogens with zero attached hydrogens (tertiary/aromatic N) is 2. The summed E-state index contributed by atoms with van der Waals surface area (Å²) in [6, 6.07) is 5.71. The standard InChI is InChI=1S/C14H14N4/c1-7-13-10-4-3-9(15)5-11(10)17-6-12(13)18-8(2)14(7)16/h3-6H,15-16H2,1-2H3. The molecular formula is C14H14N4. The molecular weight excluding hydrogens is 224 g/mol. The van der Waals surface area contributed by atoms with Crippen molar-refractivity contribution in [2.45, 2.75) is 13.8 Å². The van der Waals surface area contributed by atoms with Crippen molar-refractivity contribution in [2.24, 2.45) is 0 Å². The van der Waals surface area contributed by atoms with E-state index in [1.165, 1.54) is 0 Å². The van der Waals surface area contributed by atoms with Crippen molar-refractivity contribution in [2.75, 3.05) is 11.5 Å². The number of nitrogen functional groups attached to an aromatic ring is 2. The number of pyridine rings is 2. The number of benzene rings is 1. The summed E-state index contributed by atoms with van der Waals surface area (Å²) >= 11 is 0. The van der Waals surface area contributed by atoms with Gasteiger partial charge in [-0.1, -0.05) is 6.07 Å². The Kier molecular flexibility index (Phi) is 2.13. The molecule has 0 radical (unpaired) electrons. The van der Waals surface area contributed by atoms with Gasteiger partial charge in [-0.3, -0.25) is 4.98 Å². The average Bonchev–Trinajstić information content (AvgIpc) is 2.35. The van der Waals surface area contributed by atoms with E-state index in [4.69, 9.17) is 11.5 Å². The average molecular weight is 238 g/mol. The number of fused-ring (bicyclic) bond motifs is 3. The number of nitrogens with two attached hydrogens (primary N) is 2. The summed E-state index contributed by atoms with van der Waals surface area (Å²) in [5.74, 6) is 0. The van der Waals surface area contributed by atoms with Gasteiger partial charge in [0, 0.05) is 16.5 Å². The molecule has 0 aliphatic rings. The molecule has 0 saturated carbocycles. The van der Waals surface area contributed by atoms with Crippen LogP contribution in [-0.2, 0) is 0 Å². The van der Waals surface area contributed by atoms with E-state index in [0.29, 0.717) is 5.69 Å². The van der Waals surface area contributed by atoms with Gasteiger partial charge < -0.3 is 11.5 Å². The Morgan fingerprint density at radius 2 is 1.83 bits per heavy atom. The normalized spacial score (nSPS) is 11.2. The highest BCUT2D eigenvalue weighted by atomic mass is 14.8. The highest BCUT2D eigenvalue weighted by molar-refractivity contribution is 6.07. The summed E-state index contributed by atoms with van der Waals surface area (Å²) in [5.41, 5.74) is 16.9. The first-order chi connectivity index (χ1) is 8.58. The van der Waals surface area contributed by atoms with Crippen LogP contribution in [0.15, 0.2) is 24.4 Å². The van der Waals surface area contributed by atoms with Crippen LogP contribution >= 0.6 is 0 Å². The Balaban J connectivity index is 2.57. The summed E-state index contributed by atoms with van der Waals surface area (Å²) in [6.45, 7) is 3.93. The molecule has 3 rings (SSSR count). The van der Waals surface area contributed by atoms with Crippen molar-refractivity contribution in [3.63, 3.8) is 0 Å². The lowest BCUT2D eigenvalue weighted by atomic mass is 10.0. The number of aromatic nitrogens is 2. The molecule has 0 saturated heterocycles. The lowest BCUT2D eigenvalue weighted by Crippen LogP contribution is -1.99. The van der Waals surface area contributed by atoms with Gasteiger partial charge in [0.05, 0.1) is 28.6 Å². The highest BCUT2D eigenvalue weighted by Gasteiger charge is 2.10. The third-order valence-electron chi connectivity index (χ3n) is 3.33. The Morgan fingerprint density at radius 3 is 2.61 bits per heavy atom. The second-order valence-electron chi connectivity index (χ2n) is 4.53. The smallest absolute Gasteiger partial charge is 0.0899 e. The molecule has 0 atom stereocenters. The van der Waals surface area contributed by atoms with E-state index >= 15 is 0 Å². The first-order valence-corrected chi connectivity index (χ1v) is 5.78. The molecule has 90 valence electrons. The first kappa shape index (κ1) is 10.8. The fraction of sp³-hybridized carbons (Fsp3) is 0.143. The second kappa shape index (κ2) is 3.57. The molecule has 4 N–H and O–H groups in total. The van der Waals surface area contributed by atoms with Crippen LogP contribution in [0, 0.1) is 13.8 Å². The molecule has 0 fully saturated rings. The zero-order valence-electron chi connectivity index (χ0n) is 10.4. The molecule has 3 aromatic rings. The number of anilines is 2. The van der Waals surface area contributed by atoms with Crippen LogP contribution in [0.25, 0.3) is 21.8 Å². The molecule has 0 aliphatic carbocycles. The van der Waals surface area contributed by atoms with E-state index in [0.717, 1.165) is 38.8 Å². The molecule has 4 nitrogen and oxygen atoms in total. The van der Waals surface area contributed by atoms with Crippen molar-refractivity contribution >= 4 is 33.2 Å². The van der Waals surface area contributed by atoms with E-state index in [1.807, 2.05) is 32.0 Å². The fourth-order valence-corrected chi connectivity index (χ4v) is 2.33. The van der Waals surface area contributed by atoms with Crippen LogP contribution in [0.5, 0.6) is 0 Å². The van der Waals surface area contributed by atoms with Gasteiger partial charge in [0.25, 0.3) is 0 Å². The Labute approximate surface area is 105 Å². The third kappa shape index (κ3) is 1.39. The molecule has 1 aromatic carbocycles. The van der Waals surface area contributed by atoms with E-state index in [9.17, 15) is 0 Å². The Bertz CT molecular complexity index is 778. The molecule has 18 heavy (non-hydrogen) atoms. The first-order valence-electron chi connectivity index (χ1n) is 5.78. The van der Waals surface area contributed by atoms with Crippen molar-refractivity contribution < 1.29 is 0 Å². The SMILES string of the molecule is Cc1nc2cnc3cc(N)ccc3c2c(C)c1N. The Hall–Kier alpha value is -2.36. The largest absolute Gasteiger partial charge is 0.399 e. The minimum Gasteiger partial charge on any atom is -0.399 e. The Morgan fingerprint density at radius 1 is 1.06 bits per heavy atom. The van der Waals surface area contributed by atoms with Crippen LogP contribution in [-0.4, -0.2) is 9.97 Å². The summed E-state index contributed by atoms with van der Waals surface area (Å²) in [4.78, 5) is 8.89. The van der Waals surface area contributed by atoms with Gasteiger partial charge in [-0.25, -0.2) is 4.98 Å². The number of aryl methyl sites for hydroxylation is 2. The number of hydrogen-bond acceptors (Lipinski definition) is 4. The maximum Gasteiger partial charge on any atom is 0.0899 e. The van der Waals surface area contributed by atoms with Gasteiger partial charge in [0.15, 0.2) is 0 Å². The predicted molar refractivity (Wildman–Crippen MR) is 75.3 cm³/mol. The zero-order valence-corrected chi connectivity index (χ0v) is 10.4. The van der Waals surface area contributed by atoms with Crippen molar-refractivity contribution in [1.82, 2.24) is 9.97 Å². The van der Waals surface area contributed by atoms with Crippen LogP contribution in [0.3, 0.4) is 0 Å². The molecule has 0 amide bonds. The van der Waals surface area contributed by atoms with E-state index in [-0.39, 0.29) is 0 Å². The summed E-state index contributed by atoms with van der Waals surface area (Å²) in [7, 11) is 0. The van der Waals surface area contributed by atoms with Crippen molar-refractivity contribution in [3.8, 4) is 0 Å². The highest BCUT2D eigenvalue weighted by Crippen LogP contribution is 2.30. The monoisotopic (exact) mass is 238 g/mol. The van der Waals surface area contributed by atoms with Crippen molar-refractivity contribution in [1.29, 1.82) is 0 Å². The predicted octanol–water partition coefficient (Wildman–Crippen LogP) is 2.56. The molecule has 0 aliphatic heterocycles. The lowest BCUT2D eigenvalue weighted by molar-refractivity contribution is 1.23. The van der Waals surface area contributed by atoms with Gasteiger partial charge in [-0.05, 0) is 31.5 Å². The fourth-order valence-electron chi connectivity index (χ4n) is 2.33. The van der Waals surface area contributed by atoms with E-state index in [1.54, 1.807) is 6.20 Å². The maximum absolute atomic E-state index is 6.06. The van der Waals surface area contributed by atoms with E-state index in [2.05, 4.69) is 9.97 Å². The minimum atomic E-state index is 0.708. The molecule has 2 aromatic heterocycles. The minimum absolute atomic E-state index is 0.708. The summed E-state index contributed by atoms with van der Waals surface area (Å²) < 4.78 is 0. The molecule has 2 heterocycles. The van der Waals surface area contributed by atoms with Crippen LogP contribution < -0.4 is 11.5 Å². The van der Waals surface area contributed by atoms with Crippen LogP contribution in [0.1, 0.15) is 11.3 Å². The number of hydrogen-bond donors (Lipinski definition) is 2. The molecule has 4 heteroatoms. The quantitative estimate of drug-likeness (QED) is 0.466. The van der Waals surface area contributed by atoms with Gasteiger partial charge in [0.2, 0.25) is 0 Å². The summed E-state index contributed by atoms with van der Waals surface area (Å²) in [5, 5.41) is 2.10. The second-order valence-corrected chi connectivity index (χ2v) is 4.53. The lowest BCUT2D eigenvalue weighted by Gasteiger charge is -2.10. The topological polar surface area (TPSA) is 77.8 Å². The third-order valence-corrected chi connectivity index (χ3v) is 3.33. The zero-order chi connectivity index (χ0) is 12.9. The van der Waals surface area contributed by atoms with Crippen molar-refractivity contribution in [3.05, 3.63) is 35.7 Å². The number of rotatable bonds is 0. The molecule has 0 unspecified atom stereocenters. The summed E-state index contributed by atoms with van der Waals surface area (Å²) in [6.07, 6.45) is 1.77.